The van der Waals surface area contributed by atoms with Gasteiger partial charge in [0, 0.05) is 28.5 Å². The SMILES string of the molecule is Cc1c(Cc2ccccc2)c(=O)oc2c(C)c(O[C@@H](C)C(=O)c3ccccc3)ccc12. The molecule has 0 radical (unpaired) electrons. The van der Waals surface area contributed by atoms with Crippen LogP contribution < -0.4 is 10.4 Å². The van der Waals surface area contributed by atoms with Gasteiger partial charge in [-0.3, -0.25) is 4.79 Å². The predicted octanol–water partition coefficient (Wildman–Crippen LogP) is 5.65. The van der Waals surface area contributed by atoms with E-state index in [1.165, 1.54) is 0 Å². The molecule has 4 aromatic rings. The molecule has 0 amide bonds. The van der Waals surface area contributed by atoms with Gasteiger partial charge in [0.05, 0.1) is 0 Å². The molecule has 156 valence electrons. The van der Waals surface area contributed by atoms with Crippen molar-refractivity contribution in [3.63, 3.8) is 0 Å². The highest BCUT2D eigenvalue weighted by molar-refractivity contribution is 5.99. The second-order valence-corrected chi connectivity index (χ2v) is 7.71. The summed E-state index contributed by atoms with van der Waals surface area (Å²) in [4.78, 5) is 25.4. The number of rotatable bonds is 6. The van der Waals surface area contributed by atoms with E-state index in [1.807, 2.05) is 74.5 Å². The molecule has 0 saturated carbocycles. The first-order chi connectivity index (χ1) is 15.0. The van der Waals surface area contributed by atoms with Gasteiger partial charge < -0.3 is 9.15 Å². The second-order valence-electron chi connectivity index (χ2n) is 7.71. The maximum Gasteiger partial charge on any atom is 0.340 e. The molecule has 0 saturated heterocycles. The first kappa shape index (κ1) is 20.6. The fraction of sp³-hybridized carbons (Fsp3) is 0.185. The molecule has 0 spiro atoms. The maximum atomic E-state index is 12.8. The molecule has 0 aliphatic heterocycles. The van der Waals surface area contributed by atoms with Gasteiger partial charge in [-0.05, 0) is 44.0 Å². The van der Waals surface area contributed by atoms with Gasteiger partial charge in [0.1, 0.15) is 11.3 Å². The standard InChI is InChI=1S/C27H24O4/c1-17-22-14-15-24(30-19(3)25(28)21-12-8-5-9-13-21)18(2)26(22)31-27(29)23(17)16-20-10-6-4-7-11-20/h4-15,19H,16H2,1-3H3/t19-/m0/s1. The van der Waals surface area contributed by atoms with E-state index >= 15 is 0 Å². The predicted molar refractivity (Wildman–Crippen MR) is 122 cm³/mol. The quantitative estimate of drug-likeness (QED) is 0.303. The highest BCUT2D eigenvalue weighted by Gasteiger charge is 2.20. The van der Waals surface area contributed by atoms with Crippen LogP contribution in [-0.2, 0) is 6.42 Å². The Bertz CT molecular complexity index is 1290. The molecule has 1 aromatic heterocycles. The summed E-state index contributed by atoms with van der Waals surface area (Å²) in [6.07, 6.45) is -0.145. The van der Waals surface area contributed by atoms with Crippen LogP contribution in [0.5, 0.6) is 5.75 Å². The molecule has 1 heterocycles. The van der Waals surface area contributed by atoms with Crippen LogP contribution >= 0.6 is 0 Å². The molecule has 0 aliphatic carbocycles. The summed E-state index contributed by atoms with van der Waals surface area (Å²) in [6, 6.07) is 22.6. The van der Waals surface area contributed by atoms with Crippen molar-refractivity contribution in [2.75, 3.05) is 0 Å². The van der Waals surface area contributed by atoms with Gasteiger partial charge in [-0.15, -0.1) is 0 Å². The highest BCUT2D eigenvalue weighted by atomic mass is 16.5. The van der Waals surface area contributed by atoms with Crippen molar-refractivity contribution in [1.82, 2.24) is 0 Å². The van der Waals surface area contributed by atoms with Crippen molar-refractivity contribution >= 4 is 16.8 Å². The van der Waals surface area contributed by atoms with Crippen LogP contribution in [0.2, 0.25) is 0 Å². The van der Waals surface area contributed by atoms with E-state index in [-0.39, 0.29) is 11.4 Å². The molecule has 31 heavy (non-hydrogen) atoms. The minimum atomic E-state index is -0.663. The van der Waals surface area contributed by atoms with Crippen LogP contribution in [0, 0.1) is 13.8 Å². The van der Waals surface area contributed by atoms with Crippen LogP contribution in [-0.4, -0.2) is 11.9 Å². The lowest BCUT2D eigenvalue weighted by atomic mass is 9.98. The minimum absolute atomic E-state index is 0.101. The number of ether oxygens (including phenoxy) is 1. The first-order valence-corrected chi connectivity index (χ1v) is 10.3. The number of benzene rings is 3. The number of hydrogen-bond acceptors (Lipinski definition) is 4. The lowest BCUT2D eigenvalue weighted by Crippen LogP contribution is -2.24. The number of hydrogen-bond donors (Lipinski definition) is 0. The average Bonchev–Trinajstić information content (AvgIpc) is 2.79. The number of aryl methyl sites for hydroxylation is 2. The molecule has 0 unspecified atom stereocenters. The van der Waals surface area contributed by atoms with Gasteiger partial charge in [-0.25, -0.2) is 4.79 Å². The van der Waals surface area contributed by atoms with E-state index in [2.05, 4.69) is 0 Å². The summed E-state index contributed by atoms with van der Waals surface area (Å²) in [6.45, 7) is 5.51. The fourth-order valence-electron chi connectivity index (χ4n) is 3.78. The monoisotopic (exact) mass is 412 g/mol. The van der Waals surface area contributed by atoms with Gasteiger partial charge in [0.25, 0.3) is 0 Å². The number of ketones is 1. The van der Waals surface area contributed by atoms with Crippen molar-refractivity contribution < 1.29 is 13.9 Å². The molecule has 0 fully saturated rings. The molecule has 0 N–H and O–H groups in total. The van der Waals surface area contributed by atoms with Crippen LogP contribution in [0.1, 0.15) is 39.5 Å². The fourth-order valence-corrected chi connectivity index (χ4v) is 3.78. The lowest BCUT2D eigenvalue weighted by molar-refractivity contribution is 0.0817. The molecule has 4 heteroatoms. The van der Waals surface area contributed by atoms with Crippen molar-refractivity contribution in [2.45, 2.75) is 33.3 Å². The van der Waals surface area contributed by atoms with E-state index in [0.717, 1.165) is 16.5 Å². The summed E-state index contributed by atoms with van der Waals surface area (Å²) >= 11 is 0. The van der Waals surface area contributed by atoms with Crippen molar-refractivity contribution in [2.24, 2.45) is 0 Å². The zero-order chi connectivity index (χ0) is 22.0. The molecular weight excluding hydrogens is 388 g/mol. The zero-order valence-corrected chi connectivity index (χ0v) is 17.8. The summed E-state index contributed by atoms with van der Waals surface area (Å²) in [5, 5.41) is 0.873. The van der Waals surface area contributed by atoms with E-state index in [0.29, 0.717) is 34.4 Å². The van der Waals surface area contributed by atoms with E-state index < -0.39 is 6.10 Å². The molecule has 3 aromatic carbocycles. The summed E-state index contributed by atoms with van der Waals surface area (Å²) in [7, 11) is 0. The molecule has 0 aliphatic rings. The van der Waals surface area contributed by atoms with Gasteiger partial charge >= 0.3 is 5.63 Å². The molecule has 4 nitrogen and oxygen atoms in total. The molecule has 0 bridgehead atoms. The Morgan fingerprint density at radius 1 is 0.903 bits per heavy atom. The zero-order valence-electron chi connectivity index (χ0n) is 17.8. The van der Waals surface area contributed by atoms with Gasteiger partial charge in [-0.1, -0.05) is 60.7 Å². The molecular formula is C27H24O4. The lowest BCUT2D eigenvalue weighted by Gasteiger charge is -2.17. The largest absolute Gasteiger partial charge is 0.482 e. The van der Waals surface area contributed by atoms with Gasteiger partial charge in [0.2, 0.25) is 5.78 Å². The van der Waals surface area contributed by atoms with Gasteiger partial charge in [0.15, 0.2) is 6.10 Å². The van der Waals surface area contributed by atoms with Crippen molar-refractivity contribution in [3.05, 3.63) is 111 Å². The number of carbonyl (C=O) groups is 1. The first-order valence-electron chi connectivity index (χ1n) is 10.3. The molecule has 1 atom stereocenters. The Morgan fingerprint density at radius 3 is 2.23 bits per heavy atom. The smallest absolute Gasteiger partial charge is 0.340 e. The second kappa shape index (κ2) is 8.60. The number of fused-ring (bicyclic) bond motifs is 1. The third-order valence-corrected chi connectivity index (χ3v) is 5.61. The van der Waals surface area contributed by atoms with E-state index in [1.54, 1.807) is 19.1 Å². The van der Waals surface area contributed by atoms with Crippen molar-refractivity contribution in [3.8, 4) is 5.75 Å². The van der Waals surface area contributed by atoms with Crippen molar-refractivity contribution in [1.29, 1.82) is 0 Å². The van der Waals surface area contributed by atoms with Crippen LogP contribution in [0.3, 0.4) is 0 Å². The van der Waals surface area contributed by atoms with Gasteiger partial charge in [-0.2, -0.15) is 0 Å². The summed E-state index contributed by atoms with van der Waals surface area (Å²) in [5.41, 5.74) is 4.07. The number of carbonyl (C=O) groups excluding carboxylic acids is 1. The minimum Gasteiger partial charge on any atom is -0.482 e. The van der Waals surface area contributed by atoms with Crippen LogP contribution in [0.4, 0.5) is 0 Å². The van der Waals surface area contributed by atoms with Crippen LogP contribution in [0.25, 0.3) is 11.0 Å². The van der Waals surface area contributed by atoms with E-state index in [4.69, 9.17) is 9.15 Å². The highest BCUT2D eigenvalue weighted by Crippen LogP contribution is 2.30. The third-order valence-electron chi connectivity index (χ3n) is 5.61. The van der Waals surface area contributed by atoms with Crippen LogP contribution in [0.15, 0.2) is 82.0 Å². The Labute approximate surface area is 181 Å². The summed E-state index contributed by atoms with van der Waals surface area (Å²) in [5.74, 6) is 0.429. The number of Topliss-reactive ketones (excluding diaryl/α,β-unsaturated/α-hetero) is 1. The Hall–Kier alpha value is -3.66. The third kappa shape index (κ3) is 4.15. The maximum absolute atomic E-state index is 12.8. The Balaban J connectivity index is 1.67. The Kier molecular flexibility index (Phi) is 5.72. The normalized spacial score (nSPS) is 12.0. The van der Waals surface area contributed by atoms with E-state index in [9.17, 15) is 9.59 Å². The Morgan fingerprint density at radius 2 is 1.55 bits per heavy atom. The summed E-state index contributed by atoms with van der Waals surface area (Å²) < 4.78 is 11.7. The molecule has 4 rings (SSSR count). The topological polar surface area (TPSA) is 56.5 Å². The average molecular weight is 412 g/mol.